The number of aryl methyl sites for hydroxylation is 1. The maximum Gasteiger partial charge on any atom is 0.0462 e. The summed E-state index contributed by atoms with van der Waals surface area (Å²) in [7, 11) is 0. The van der Waals surface area contributed by atoms with Crippen molar-refractivity contribution in [2.45, 2.75) is 57.3 Å². The average Bonchev–Trinajstić information content (AvgIpc) is 3.22. The average molecular weight is 660 g/mol. The van der Waals surface area contributed by atoms with E-state index in [1.807, 2.05) is 0 Å². The SMILES string of the molecule is c1ccc(N(c2ccc(-c3ccc4c(c3)CCCCC3CCCC(C3)c3ccccc3-4)cc2)c2ccc(-c3ccc4ccccc4c3)cc2)cc1. The van der Waals surface area contributed by atoms with Crippen molar-refractivity contribution in [3.8, 4) is 33.4 Å². The van der Waals surface area contributed by atoms with E-state index in [4.69, 9.17) is 0 Å². The molecule has 0 amide bonds. The minimum absolute atomic E-state index is 0.695. The van der Waals surface area contributed by atoms with Gasteiger partial charge in [-0.05, 0) is 135 Å². The predicted molar refractivity (Wildman–Crippen MR) is 217 cm³/mol. The van der Waals surface area contributed by atoms with Crippen molar-refractivity contribution in [3.05, 3.63) is 175 Å². The Balaban J connectivity index is 1.03. The van der Waals surface area contributed by atoms with Crippen molar-refractivity contribution in [3.63, 3.8) is 0 Å². The molecule has 2 unspecified atom stereocenters. The first-order valence-electron chi connectivity index (χ1n) is 19.0. The molecule has 2 atom stereocenters. The lowest BCUT2D eigenvalue weighted by Crippen LogP contribution is -2.14. The second-order valence-electron chi connectivity index (χ2n) is 14.8. The molecule has 250 valence electrons. The summed E-state index contributed by atoms with van der Waals surface area (Å²) < 4.78 is 0. The molecule has 1 fully saturated rings. The molecule has 1 saturated carbocycles. The fourth-order valence-electron chi connectivity index (χ4n) is 8.92. The van der Waals surface area contributed by atoms with Crippen molar-refractivity contribution in [2.24, 2.45) is 5.92 Å². The maximum absolute atomic E-state index is 2.49. The number of nitrogens with zero attached hydrogens (tertiary/aromatic N) is 1. The van der Waals surface area contributed by atoms with Gasteiger partial charge in [-0.1, -0.05) is 147 Å². The first kappa shape index (κ1) is 31.6. The van der Waals surface area contributed by atoms with Gasteiger partial charge >= 0.3 is 0 Å². The van der Waals surface area contributed by atoms with Crippen LogP contribution < -0.4 is 4.90 Å². The number of fused-ring (bicyclic) bond motifs is 7. The number of rotatable bonds is 5. The molecule has 7 aromatic rings. The highest BCUT2D eigenvalue weighted by Crippen LogP contribution is 2.44. The van der Waals surface area contributed by atoms with Gasteiger partial charge in [0.15, 0.2) is 0 Å². The highest BCUT2D eigenvalue weighted by atomic mass is 15.1. The van der Waals surface area contributed by atoms with Gasteiger partial charge < -0.3 is 4.90 Å². The van der Waals surface area contributed by atoms with Gasteiger partial charge in [0.25, 0.3) is 0 Å². The quantitative estimate of drug-likeness (QED) is 0.178. The zero-order valence-corrected chi connectivity index (χ0v) is 29.3. The second kappa shape index (κ2) is 14.1. The number of hydrogen-bond acceptors (Lipinski definition) is 1. The predicted octanol–water partition coefficient (Wildman–Crippen LogP) is 14.3. The molecule has 51 heavy (non-hydrogen) atoms. The highest BCUT2D eigenvalue weighted by Gasteiger charge is 2.26. The van der Waals surface area contributed by atoms with Crippen molar-refractivity contribution in [1.29, 1.82) is 0 Å². The molecule has 2 aliphatic carbocycles. The maximum atomic E-state index is 2.49. The summed E-state index contributed by atoms with van der Waals surface area (Å²) >= 11 is 0. The van der Waals surface area contributed by atoms with E-state index in [1.165, 1.54) is 94.7 Å². The van der Waals surface area contributed by atoms with Crippen LogP contribution in [-0.4, -0.2) is 0 Å². The summed E-state index contributed by atoms with van der Waals surface area (Å²) in [6.07, 6.45) is 10.6. The monoisotopic (exact) mass is 659 g/mol. The summed E-state index contributed by atoms with van der Waals surface area (Å²) in [6.45, 7) is 0. The summed E-state index contributed by atoms with van der Waals surface area (Å²) in [6, 6.07) is 60.8. The van der Waals surface area contributed by atoms with E-state index in [2.05, 4.69) is 169 Å². The molecule has 9 rings (SSSR count). The third-order valence-electron chi connectivity index (χ3n) is 11.6. The lowest BCUT2D eigenvalue weighted by Gasteiger charge is -2.30. The van der Waals surface area contributed by atoms with Crippen LogP contribution in [0.5, 0.6) is 0 Å². The lowest BCUT2D eigenvalue weighted by atomic mass is 9.75. The van der Waals surface area contributed by atoms with E-state index in [1.54, 1.807) is 5.56 Å². The Morgan fingerprint density at radius 1 is 0.412 bits per heavy atom. The first-order chi connectivity index (χ1) is 25.3. The van der Waals surface area contributed by atoms with Crippen LogP contribution in [0.3, 0.4) is 0 Å². The molecule has 0 radical (unpaired) electrons. The largest absolute Gasteiger partial charge is 0.311 e. The van der Waals surface area contributed by atoms with Crippen LogP contribution in [0.25, 0.3) is 44.2 Å². The van der Waals surface area contributed by atoms with Gasteiger partial charge in [-0.2, -0.15) is 0 Å². The van der Waals surface area contributed by atoms with Gasteiger partial charge in [0, 0.05) is 17.1 Å². The molecule has 7 aromatic carbocycles. The lowest BCUT2D eigenvalue weighted by molar-refractivity contribution is 0.299. The van der Waals surface area contributed by atoms with Crippen LogP contribution in [-0.2, 0) is 6.42 Å². The zero-order valence-electron chi connectivity index (χ0n) is 29.3. The Bertz CT molecular complexity index is 2260. The van der Waals surface area contributed by atoms with Crippen molar-refractivity contribution < 1.29 is 0 Å². The van der Waals surface area contributed by atoms with Crippen LogP contribution in [0.2, 0.25) is 0 Å². The molecule has 1 heteroatoms. The Morgan fingerprint density at radius 2 is 1.02 bits per heavy atom. The molecule has 2 bridgehead atoms. The van der Waals surface area contributed by atoms with Crippen LogP contribution >= 0.6 is 0 Å². The summed E-state index contributed by atoms with van der Waals surface area (Å²) in [5, 5.41) is 2.54. The molecule has 0 N–H and O–H groups in total. The topological polar surface area (TPSA) is 3.24 Å². The van der Waals surface area contributed by atoms with Crippen LogP contribution in [0.1, 0.15) is 62.0 Å². The van der Waals surface area contributed by atoms with Crippen molar-refractivity contribution >= 4 is 27.8 Å². The van der Waals surface area contributed by atoms with E-state index in [0.29, 0.717) is 5.92 Å². The summed E-state index contributed by atoms with van der Waals surface area (Å²) in [4.78, 5) is 2.36. The third-order valence-corrected chi connectivity index (χ3v) is 11.6. The van der Waals surface area contributed by atoms with Gasteiger partial charge in [-0.25, -0.2) is 0 Å². The van der Waals surface area contributed by atoms with E-state index in [9.17, 15) is 0 Å². The Hall–Kier alpha value is -5.40. The van der Waals surface area contributed by atoms with Crippen LogP contribution in [0.4, 0.5) is 17.1 Å². The molecule has 0 heterocycles. The van der Waals surface area contributed by atoms with Gasteiger partial charge in [0.1, 0.15) is 0 Å². The van der Waals surface area contributed by atoms with E-state index in [0.717, 1.165) is 29.4 Å². The molecular formula is C50H45N. The zero-order chi connectivity index (χ0) is 34.0. The van der Waals surface area contributed by atoms with Crippen LogP contribution in [0, 0.1) is 5.92 Å². The molecule has 2 aliphatic rings. The third kappa shape index (κ3) is 6.50. The number of anilines is 3. The molecule has 0 saturated heterocycles. The van der Waals surface area contributed by atoms with Crippen LogP contribution in [0.15, 0.2) is 164 Å². The fraction of sp³-hybridized carbons (Fsp3) is 0.200. The summed E-state index contributed by atoms with van der Waals surface area (Å²) in [5.41, 5.74) is 14.5. The number of hydrogen-bond donors (Lipinski definition) is 0. The molecule has 0 aliphatic heterocycles. The normalized spacial score (nSPS) is 17.2. The Morgan fingerprint density at radius 3 is 1.80 bits per heavy atom. The van der Waals surface area contributed by atoms with E-state index >= 15 is 0 Å². The Kier molecular flexibility index (Phi) is 8.72. The number of para-hydroxylation sites is 1. The fourth-order valence-corrected chi connectivity index (χ4v) is 8.92. The first-order valence-corrected chi connectivity index (χ1v) is 19.0. The summed E-state index contributed by atoms with van der Waals surface area (Å²) in [5.74, 6) is 1.59. The molecule has 1 nitrogen and oxygen atoms in total. The minimum Gasteiger partial charge on any atom is -0.311 e. The van der Waals surface area contributed by atoms with E-state index in [-0.39, 0.29) is 0 Å². The smallest absolute Gasteiger partial charge is 0.0462 e. The van der Waals surface area contributed by atoms with Gasteiger partial charge in [0.05, 0.1) is 0 Å². The van der Waals surface area contributed by atoms with Gasteiger partial charge in [-0.15, -0.1) is 0 Å². The molecular weight excluding hydrogens is 615 g/mol. The standard InChI is InChI=1S/C50H45N/c1-2-17-45(18-3-1)51(46-28-23-38(24-29-46)41-22-21-37-13-6-7-14-40(37)34-41)47-30-25-39(26-31-47)42-27-32-49-44(35-42)15-5-4-11-36-12-10-16-43(33-36)48-19-8-9-20-50(48)49/h1-3,6-9,13-14,17-32,34-36,43H,4-5,10-12,15-16,33H2. The molecule has 0 spiro atoms. The highest BCUT2D eigenvalue weighted by molar-refractivity contribution is 5.88. The second-order valence-corrected chi connectivity index (χ2v) is 14.8. The van der Waals surface area contributed by atoms with Crippen molar-refractivity contribution in [2.75, 3.05) is 4.90 Å². The number of benzene rings is 7. The molecule has 0 aromatic heterocycles. The van der Waals surface area contributed by atoms with Gasteiger partial charge in [-0.3, -0.25) is 0 Å². The van der Waals surface area contributed by atoms with Gasteiger partial charge in [0.2, 0.25) is 0 Å². The Labute approximate surface area is 303 Å². The van der Waals surface area contributed by atoms with E-state index < -0.39 is 0 Å². The van der Waals surface area contributed by atoms with Crippen molar-refractivity contribution in [1.82, 2.24) is 0 Å². The minimum atomic E-state index is 0.695.